The average Bonchev–Trinajstić information content (AvgIpc) is 2.89. The van der Waals surface area contributed by atoms with Crippen LogP contribution in [-0.4, -0.2) is 16.6 Å². The Kier molecular flexibility index (Phi) is 5.34. The molecule has 1 atom stereocenters. The summed E-state index contributed by atoms with van der Waals surface area (Å²) in [6.07, 6.45) is -0.692. The summed E-state index contributed by atoms with van der Waals surface area (Å²) in [5.74, 6) is 0.253. The molecule has 26 heavy (non-hydrogen) atoms. The number of carbonyl (C=O) groups is 1. The standard InChI is InChI=1S/C19H19ClN2O3S/c1-11(2)22-16-8-7-14(10-17(16)26-19(22)24)21-18(23)12(3)25-15-6-4-5-13(20)9-15/h4-12H,1-3H3,(H,21,23). The van der Waals surface area contributed by atoms with Gasteiger partial charge in [0.1, 0.15) is 5.75 Å². The van der Waals surface area contributed by atoms with Gasteiger partial charge in [0, 0.05) is 16.8 Å². The van der Waals surface area contributed by atoms with Gasteiger partial charge in [-0.25, -0.2) is 0 Å². The van der Waals surface area contributed by atoms with Crippen molar-refractivity contribution in [2.45, 2.75) is 32.9 Å². The first-order valence-electron chi connectivity index (χ1n) is 8.23. The molecule has 0 spiro atoms. The van der Waals surface area contributed by atoms with Crippen molar-refractivity contribution in [2.24, 2.45) is 0 Å². The second kappa shape index (κ2) is 7.51. The Labute approximate surface area is 160 Å². The number of amides is 1. The maximum absolute atomic E-state index is 12.4. The van der Waals surface area contributed by atoms with Gasteiger partial charge >= 0.3 is 4.87 Å². The molecule has 1 unspecified atom stereocenters. The zero-order valence-electron chi connectivity index (χ0n) is 14.7. The molecule has 2 aromatic carbocycles. The van der Waals surface area contributed by atoms with Crippen LogP contribution in [0.15, 0.2) is 47.3 Å². The van der Waals surface area contributed by atoms with Gasteiger partial charge in [0.2, 0.25) is 0 Å². The van der Waals surface area contributed by atoms with Crippen molar-refractivity contribution in [3.05, 3.63) is 57.2 Å². The van der Waals surface area contributed by atoms with Crippen LogP contribution in [0, 0.1) is 0 Å². The molecule has 3 aromatic rings. The van der Waals surface area contributed by atoms with E-state index >= 15 is 0 Å². The molecule has 0 radical (unpaired) electrons. The third kappa shape index (κ3) is 3.92. The second-order valence-corrected chi connectivity index (χ2v) is 7.65. The number of aromatic nitrogens is 1. The Hall–Kier alpha value is -2.31. The molecule has 0 fully saturated rings. The lowest BCUT2D eigenvalue weighted by atomic mass is 10.2. The summed E-state index contributed by atoms with van der Waals surface area (Å²) >= 11 is 7.09. The van der Waals surface area contributed by atoms with Crippen molar-refractivity contribution in [1.29, 1.82) is 0 Å². The van der Waals surface area contributed by atoms with Crippen LogP contribution in [0.3, 0.4) is 0 Å². The summed E-state index contributed by atoms with van der Waals surface area (Å²) in [5.41, 5.74) is 1.50. The molecule has 1 aromatic heterocycles. The van der Waals surface area contributed by atoms with Gasteiger partial charge in [-0.2, -0.15) is 0 Å². The molecule has 0 aliphatic carbocycles. The highest BCUT2D eigenvalue weighted by atomic mass is 35.5. The Bertz CT molecular complexity index is 1010. The molecule has 0 saturated heterocycles. The van der Waals surface area contributed by atoms with Crippen LogP contribution in [0.4, 0.5) is 5.69 Å². The predicted octanol–water partition coefficient (Wildman–Crippen LogP) is 4.70. The van der Waals surface area contributed by atoms with E-state index in [9.17, 15) is 9.59 Å². The molecule has 0 aliphatic heterocycles. The number of anilines is 1. The Balaban J connectivity index is 1.75. The lowest BCUT2D eigenvalue weighted by Gasteiger charge is -2.15. The van der Waals surface area contributed by atoms with Crippen molar-refractivity contribution in [1.82, 2.24) is 4.57 Å². The van der Waals surface area contributed by atoms with Crippen molar-refractivity contribution in [2.75, 3.05) is 5.32 Å². The first-order chi connectivity index (χ1) is 12.3. The number of carbonyl (C=O) groups excluding carboxylic acids is 1. The quantitative estimate of drug-likeness (QED) is 0.686. The number of hydrogen-bond acceptors (Lipinski definition) is 4. The number of ether oxygens (including phenoxy) is 1. The third-order valence-corrected chi connectivity index (χ3v) is 5.03. The molecule has 5 nitrogen and oxygen atoms in total. The molecule has 1 N–H and O–H groups in total. The molecule has 136 valence electrons. The van der Waals surface area contributed by atoms with E-state index in [-0.39, 0.29) is 16.8 Å². The highest BCUT2D eigenvalue weighted by Gasteiger charge is 2.16. The first-order valence-corrected chi connectivity index (χ1v) is 9.43. The van der Waals surface area contributed by atoms with Crippen LogP contribution in [-0.2, 0) is 4.79 Å². The van der Waals surface area contributed by atoms with Gasteiger partial charge in [-0.1, -0.05) is 29.0 Å². The molecule has 1 amide bonds. The molecule has 0 saturated carbocycles. The summed E-state index contributed by atoms with van der Waals surface area (Å²) < 4.78 is 8.21. The topological polar surface area (TPSA) is 60.3 Å². The van der Waals surface area contributed by atoms with E-state index in [1.807, 2.05) is 26.0 Å². The lowest BCUT2D eigenvalue weighted by molar-refractivity contribution is -0.122. The predicted molar refractivity (Wildman–Crippen MR) is 107 cm³/mol. The molecule has 1 heterocycles. The largest absolute Gasteiger partial charge is 0.481 e. The summed E-state index contributed by atoms with van der Waals surface area (Å²) in [5, 5.41) is 3.37. The third-order valence-electron chi connectivity index (χ3n) is 3.88. The van der Waals surface area contributed by atoms with Gasteiger partial charge in [-0.15, -0.1) is 0 Å². The smallest absolute Gasteiger partial charge is 0.308 e. The van der Waals surface area contributed by atoms with Crippen molar-refractivity contribution in [3.63, 3.8) is 0 Å². The zero-order valence-corrected chi connectivity index (χ0v) is 16.2. The number of halogens is 1. The van der Waals surface area contributed by atoms with Crippen molar-refractivity contribution < 1.29 is 9.53 Å². The number of thiazole rings is 1. The van der Waals surface area contributed by atoms with Crippen LogP contribution in [0.25, 0.3) is 10.2 Å². The molecule has 7 heteroatoms. The zero-order chi connectivity index (χ0) is 18.8. The minimum Gasteiger partial charge on any atom is -0.481 e. The summed E-state index contributed by atoms with van der Waals surface area (Å²) in [4.78, 5) is 24.5. The van der Waals surface area contributed by atoms with E-state index in [1.54, 1.807) is 41.8 Å². The fourth-order valence-electron chi connectivity index (χ4n) is 2.65. The van der Waals surface area contributed by atoms with Gasteiger partial charge in [0.15, 0.2) is 6.10 Å². The van der Waals surface area contributed by atoms with E-state index in [0.29, 0.717) is 16.5 Å². The van der Waals surface area contributed by atoms with Crippen LogP contribution in [0.2, 0.25) is 5.02 Å². The maximum atomic E-state index is 12.4. The highest BCUT2D eigenvalue weighted by molar-refractivity contribution is 7.16. The van der Waals surface area contributed by atoms with E-state index in [0.717, 1.165) is 10.2 Å². The summed E-state index contributed by atoms with van der Waals surface area (Å²) in [6.45, 7) is 5.61. The summed E-state index contributed by atoms with van der Waals surface area (Å²) in [6, 6.07) is 12.4. The number of nitrogens with zero attached hydrogens (tertiary/aromatic N) is 1. The number of rotatable bonds is 5. The molecular formula is C19H19ClN2O3S. The van der Waals surface area contributed by atoms with Crippen LogP contribution in [0.5, 0.6) is 5.75 Å². The Morgan fingerprint density at radius 2 is 1.96 bits per heavy atom. The van der Waals surface area contributed by atoms with Crippen LogP contribution < -0.4 is 14.9 Å². The monoisotopic (exact) mass is 390 g/mol. The SMILES string of the molecule is CC(Oc1cccc(Cl)c1)C(=O)Nc1ccc2c(c1)sc(=O)n2C(C)C. The van der Waals surface area contributed by atoms with E-state index < -0.39 is 6.10 Å². The van der Waals surface area contributed by atoms with Gasteiger partial charge < -0.3 is 10.1 Å². The second-order valence-electron chi connectivity index (χ2n) is 6.22. The highest BCUT2D eigenvalue weighted by Crippen LogP contribution is 2.24. The van der Waals surface area contributed by atoms with Crippen LogP contribution >= 0.6 is 22.9 Å². The number of fused-ring (bicyclic) bond motifs is 1. The van der Waals surface area contributed by atoms with Gasteiger partial charge in [0.25, 0.3) is 5.91 Å². The normalized spacial score (nSPS) is 12.3. The van der Waals surface area contributed by atoms with Crippen molar-refractivity contribution in [3.8, 4) is 5.75 Å². The minimum absolute atomic E-state index is 0.00358. The van der Waals surface area contributed by atoms with Gasteiger partial charge in [0.05, 0.1) is 10.2 Å². The molecule has 0 aliphatic rings. The fourth-order valence-corrected chi connectivity index (χ4v) is 3.88. The Morgan fingerprint density at radius 1 is 1.19 bits per heavy atom. The molecule has 3 rings (SSSR count). The number of nitrogens with one attached hydrogen (secondary N) is 1. The van der Waals surface area contributed by atoms with E-state index in [2.05, 4.69) is 5.32 Å². The molecular weight excluding hydrogens is 372 g/mol. The molecule has 0 bridgehead atoms. The van der Waals surface area contributed by atoms with Crippen molar-refractivity contribution >= 4 is 44.7 Å². The van der Waals surface area contributed by atoms with Gasteiger partial charge in [-0.3, -0.25) is 14.2 Å². The fraction of sp³-hybridized carbons (Fsp3) is 0.263. The Morgan fingerprint density at radius 3 is 2.65 bits per heavy atom. The maximum Gasteiger partial charge on any atom is 0.308 e. The minimum atomic E-state index is -0.692. The average molecular weight is 391 g/mol. The summed E-state index contributed by atoms with van der Waals surface area (Å²) in [7, 11) is 0. The van der Waals surface area contributed by atoms with E-state index in [4.69, 9.17) is 16.3 Å². The lowest BCUT2D eigenvalue weighted by Crippen LogP contribution is -2.30. The number of hydrogen-bond donors (Lipinski definition) is 1. The first kappa shape index (κ1) is 18.5. The van der Waals surface area contributed by atoms with Crippen LogP contribution in [0.1, 0.15) is 26.8 Å². The van der Waals surface area contributed by atoms with Gasteiger partial charge in [-0.05, 0) is 57.2 Å². The number of benzene rings is 2. The van der Waals surface area contributed by atoms with E-state index in [1.165, 1.54) is 11.3 Å².